The maximum absolute atomic E-state index is 13.5. The van der Waals surface area contributed by atoms with Gasteiger partial charge < -0.3 is 15.5 Å². The molecule has 0 saturated carbocycles. The van der Waals surface area contributed by atoms with Gasteiger partial charge in [-0.1, -0.05) is 31.9 Å². The molecule has 1 atom stereocenters. The molecule has 0 bridgehead atoms. The summed E-state index contributed by atoms with van der Waals surface area (Å²) in [5.41, 5.74) is 0.402. The van der Waals surface area contributed by atoms with Gasteiger partial charge in [-0.05, 0) is 54.8 Å². The first-order chi connectivity index (χ1) is 16.3. The van der Waals surface area contributed by atoms with E-state index in [0.717, 1.165) is 23.4 Å². The molecule has 34 heavy (non-hydrogen) atoms. The molecule has 2 N–H and O–H groups in total. The number of hydrogen-bond acceptors (Lipinski definition) is 4. The van der Waals surface area contributed by atoms with Crippen molar-refractivity contribution in [2.45, 2.75) is 44.6 Å². The Bertz CT molecular complexity index is 1100. The highest BCUT2D eigenvalue weighted by molar-refractivity contribution is 6.10. The molecular weight excluding hydrogens is 439 g/mol. The third kappa shape index (κ3) is 4.50. The summed E-state index contributed by atoms with van der Waals surface area (Å²) in [6.07, 6.45) is 3.15. The van der Waals surface area contributed by atoms with Gasteiger partial charge in [0.1, 0.15) is 17.9 Å². The Morgan fingerprint density at radius 2 is 1.79 bits per heavy atom. The van der Waals surface area contributed by atoms with Crippen LogP contribution in [0.5, 0.6) is 0 Å². The number of amides is 5. The van der Waals surface area contributed by atoms with Crippen LogP contribution < -0.4 is 15.5 Å². The molecule has 0 aliphatic carbocycles. The molecule has 8 nitrogen and oxygen atoms in total. The third-order valence-electron chi connectivity index (χ3n) is 6.26. The van der Waals surface area contributed by atoms with Gasteiger partial charge in [0, 0.05) is 24.3 Å². The first-order valence-electron chi connectivity index (χ1n) is 11.4. The number of anilines is 2. The highest BCUT2D eigenvalue weighted by Gasteiger charge is 2.52. The van der Waals surface area contributed by atoms with Gasteiger partial charge in [-0.3, -0.25) is 19.3 Å². The first kappa shape index (κ1) is 23.4. The molecule has 0 spiro atoms. The van der Waals surface area contributed by atoms with E-state index in [4.69, 9.17) is 0 Å². The monoisotopic (exact) mass is 466 g/mol. The lowest BCUT2D eigenvalue weighted by Gasteiger charge is -2.27. The van der Waals surface area contributed by atoms with E-state index in [1.807, 2.05) is 6.92 Å². The lowest BCUT2D eigenvalue weighted by molar-refractivity contribution is -0.134. The molecule has 2 aromatic carbocycles. The maximum atomic E-state index is 13.5. The van der Waals surface area contributed by atoms with Crippen LogP contribution in [0.15, 0.2) is 48.5 Å². The van der Waals surface area contributed by atoms with Crippen molar-refractivity contribution in [3.63, 3.8) is 0 Å². The van der Waals surface area contributed by atoms with Crippen molar-refractivity contribution >= 4 is 35.1 Å². The summed E-state index contributed by atoms with van der Waals surface area (Å²) >= 11 is 0. The van der Waals surface area contributed by atoms with Crippen LogP contribution >= 0.6 is 0 Å². The van der Waals surface area contributed by atoms with Gasteiger partial charge in [0.15, 0.2) is 0 Å². The maximum Gasteiger partial charge on any atom is 0.325 e. The van der Waals surface area contributed by atoms with E-state index in [0.29, 0.717) is 37.1 Å². The highest BCUT2D eigenvalue weighted by atomic mass is 19.1. The normalized spacial score (nSPS) is 20.1. The van der Waals surface area contributed by atoms with E-state index in [1.165, 1.54) is 24.3 Å². The SMILES string of the molecule is CCCC[C@]1(c2ccc(F)cc2)NC(=O)N(CC(=O)Nc2ccc(N3CCCC3=O)cc2)C1=O. The van der Waals surface area contributed by atoms with Crippen molar-refractivity contribution < 1.29 is 23.6 Å². The summed E-state index contributed by atoms with van der Waals surface area (Å²) in [6.45, 7) is 2.19. The lowest BCUT2D eigenvalue weighted by Crippen LogP contribution is -2.44. The highest BCUT2D eigenvalue weighted by Crippen LogP contribution is 2.34. The first-order valence-corrected chi connectivity index (χ1v) is 11.4. The fraction of sp³-hybridized carbons (Fsp3) is 0.360. The summed E-state index contributed by atoms with van der Waals surface area (Å²) in [6, 6.07) is 11.6. The Labute approximate surface area is 197 Å². The van der Waals surface area contributed by atoms with E-state index < -0.39 is 35.7 Å². The molecule has 5 amide bonds. The van der Waals surface area contributed by atoms with E-state index in [-0.39, 0.29) is 5.91 Å². The van der Waals surface area contributed by atoms with Crippen molar-refractivity contribution in [3.8, 4) is 0 Å². The fourth-order valence-electron chi connectivity index (χ4n) is 4.45. The van der Waals surface area contributed by atoms with Crippen molar-refractivity contribution in [1.29, 1.82) is 0 Å². The average molecular weight is 467 g/mol. The van der Waals surface area contributed by atoms with E-state index in [1.54, 1.807) is 29.2 Å². The minimum absolute atomic E-state index is 0.0723. The molecule has 0 radical (unpaired) electrons. The minimum Gasteiger partial charge on any atom is -0.325 e. The number of carbonyl (C=O) groups is 4. The molecule has 2 aliphatic rings. The van der Waals surface area contributed by atoms with Gasteiger partial charge in [-0.25, -0.2) is 9.18 Å². The number of hydrogen-bond donors (Lipinski definition) is 2. The molecular formula is C25H27FN4O4. The van der Waals surface area contributed by atoms with Gasteiger partial charge in [0.25, 0.3) is 5.91 Å². The molecule has 2 saturated heterocycles. The standard InChI is InChI=1S/C25H27FN4O4/c1-2-3-14-25(17-6-8-18(26)9-7-17)23(33)30(24(34)28-25)16-21(31)27-19-10-12-20(13-11-19)29-15-4-5-22(29)32/h6-13H,2-5,14-16H2,1H3,(H,27,31)(H,28,34)/t25-/m1/s1. The van der Waals surface area contributed by atoms with E-state index in [2.05, 4.69) is 10.6 Å². The van der Waals surface area contributed by atoms with Crippen LogP contribution in [-0.4, -0.2) is 41.7 Å². The number of nitrogens with one attached hydrogen (secondary N) is 2. The number of rotatable bonds is 8. The second-order valence-electron chi connectivity index (χ2n) is 8.58. The number of imide groups is 1. The Kier molecular flexibility index (Phi) is 6.63. The molecule has 4 rings (SSSR count). The van der Waals surface area contributed by atoms with Crippen LogP contribution in [0.2, 0.25) is 0 Å². The van der Waals surface area contributed by atoms with Crippen LogP contribution in [0.1, 0.15) is 44.6 Å². The second-order valence-corrected chi connectivity index (χ2v) is 8.58. The minimum atomic E-state index is -1.33. The topological polar surface area (TPSA) is 98.8 Å². The molecule has 2 fully saturated rings. The number of halogens is 1. The molecule has 2 aliphatic heterocycles. The lowest BCUT2D eigenvalue weighted by atomic mass is 9.85. The zero-order chi connectivity index (χ0) is 24.3. The third-order valence-corrected chi connectivity index (χ3v) is 6.26. The van der Waals surface area contributed by atoms with E-state index >= 15 is 0 Å². The zero-order valence-corrected chi connectivity index (χ0v) is 19.0. The largest absolute Gasteiger partial charge is 0.325 e. The number of unbranched alkanes of at least 4 members (excludes halogenated alkanes) is 1. The number of nitrogens with zero attached hydrogens (tertiary/aromatic N) is 2. The number of benzene rings is 2. The van der Waals surface area contributed by atoms with Crippen molar-refractivity contribution in [2.24, 2.45) is 0 Å². The number of urea groups is 1. The van der Waals surface area contributed by atoms with Crippen molar-refractivity contribution in [1.82, 2.24) is 10.2 Å². The van der Waals surface area contributed by atoms with Crippen molar-refractivity contribution in [3.05, 3.63) is 59.9 Å². The summed E-state index contributed by atoms with van der Waals surface area (Å²) in [5, 5.41) is 5.44. The van der Waals surface area contributed by atoms with Crippen LogP contribution in [-0.2, 0) is 19.9 Å². The van der Waals surface area contributed by atoms with Gasteiger partial charge in [0.2, 0.25) is 11.8 Å². The Balaban J connectivity index is 1.46. The zero-order valence-electron chi connectivity index (χ0n) is 19.0. The number of carbonyl (C=O) groups excluding carboxylic acids is 4. The van der Waals surface area contributed by atoms with Crippen LogP contribution in [0, 0.1) is 5.82 Å². The Morgan fingerprint density at radius 3 is 2.41 bits per heavy atom. The van der Waals surface area contributed by atoms with Crippen LogP contribution in [0.4, 0.5) is 20.6 Å². The molecule has 0 unspecified atom stereocenters. The molecule has 9 heteroatoms. The van der Waals surface area contributed by atoms with Gasteiger partial charge >= 0.3 is 6.03 Å². The molecule has 2 aromatic rings. The fourth-order valence-corrected chi connectivity index (χ4v) is 4.45. The summed E-state index contributed by atoms with van der Waals surface area (Å²) in [7, 11) is 0. The average Bonchev–Trinajstić information content (AvgIpc) is 3.35. The Morgan fingerprint density at radius 1 is 1.09 bits per heavy atom. The summed E-state index contributed by atoms with van der Waals surface area (Å²) in [5.74, 6) is -1.43. The van der Waals surface area contributed by atoms with Gasteiger partial charge in [-0.2, -0.15) is 0 Å². The smallest absolute Gasteiger partial charge is 0.325 e. The predicted octanol–water partition coefficient (Wildman–Crippen LogP) is 3.53. The van der Waals surface area contributed by atoms with Crippen LogP contribution in [0.3, 0.4) is 0 Å². The summed E-state index contributed by atoms with van der Waals surface area (Å²) in [4.78, 5) is 53.2. The molecule has 2 heterocycles. The molecule has 0 aromatic heterocycles. The summed E-state index contributed by atoms with van der Waals surface area (Å²) < 4.78 is 13.5. The second kappa shape index (κ2) is 9.62. The van der Waals surface area contributed by atoms with Gasteiger partial charge in [-0.15, -0.1) is 0 Å². The van der Waals surface area contributed by atoms with Crippen molar-refractivity contribution in [2.75, 3.05) is 23.3 Å². The Hall–Kier alpha value is -3.75. The van der Waals surface area contributed by atoms with E-state index in [9.17, 15) is 23.6 Å². The molecule has 178 valence electrons. The van der Waals surface area contributed by atoms with Gasteiger partial charge in [0.05, 0.1) is 0 Å². The van der Waals surface area contributed by atoms with Crippen LogP contribution in [0.25, 0.3) is 0 Å². The predicted molar refractivity (Wildman–Crippen MR) is 125 cm³/mol. The quantitative estimate of drug-likeness (QED) is 0.582.